The van der Waals surface area contributed by atoms with Gasteiger partial charge in [-0.3, -0.25) is 4.79 Å². The van der Waals surface area contributed by atoms with Gasteiger partial charge in [-0.05, 0) is 30.7 Å². The van der Waals surface area contributed by atoms with E-state index in [-0.39, 0.29) is 5.78 Å². The lowest BCUT2D eigenvalue weighted by molar-refractivity contribution is 0.0973. The van der Waals surface area contributed by atoms with Gasteiger partial charge in [-0.25, -0.2) is 0 Å². The van der Waals surface area contributed by atoms with Crippen LogP contribution in [0.5, 0.6) is 5.75 Å². The Morgan fingerprint density at radius 2 is 1.84 bits per heavy atom. The molecule has 0 spiro atoms. The van der Waals surface area contributed by atoms with Gasteiger partial charge >= 0.3 is 0 Å². The van der Waals surface area contributed by atoms with E-state index in [1.165, 1.54) is 0 Å². The van der Waals surface area contributed by atoms with Crippen LogP contribution in [0.1, 0.15) is 23.2 Å². The van der Waals surface area contributed by atoms with Crippen LogP contribution in [0, 0.1) is 0 Å². The third-order valence-electron chi connectivity index (χ3n) is 2.71. The van der Waals surface area contributed by atoms with Crippen LogP contribution in [-0.2, 0) is 0 Å². The summed E-state index contributed by atoms with van der Waals surface area (Å²) in [6, 6.07) is 16.6. The van der Waals surface area contributed by atoms with Crippen LogP contribution in [0.2, 0.25) is 5.02 Å². The molecule has 0 N–H and O–H groups in total. The van der Waals surface area contributed by atoms with Crippen molar-refractivity contribution in [3.8, 4) is 5.75 Å². The second-order valence-corrected chi connectivity index (χ2v) is 4.64. The molecule has 0 amide bonds. The summed E-state index contributed by atoms with van der Waals surface area (Å²) in [5.74, 6) is 0.928. The number of benzene rings is 2. The minimum Gasteiger partial charge on any atom is -0.494 e. The van der Waals surface area contributed by atoms with Crippen LogP contribution in [0.3, 0.4) is 0 Å². The van der Waals surface area contributed by atoms with Gasteiger partial charge in [-0.2, -0.15) is 0 Å². The summed E-state index contributed by atoms with van der Waals surface area (Å²) in [5.41, 5.74) is 0.659. The Labute approximate surface area is 118 Å². The number of Topliss-reactive ketones (excluding diaryl/α,β-unsaturated/α-hetero) is 1. The molecule has 0 aromatic heterocycles. The summed E-state index contributed by atoms with van der Waals surface area (Å²) in [6.07, 6.45) is 1.16. The lowest BCUT2D eigenvalue weighted by atomic mass is 10.1. The number of carbonyl (C=O) groups is 1. The second-order valence-electron chi connectivity index (χ2n) is 4.20. The van der Waals surface area contributed by atoms with Crippen molar-refractivity contribution in [1.82, 2.24) is 0 Å². The molecule has 0 radical (unpaired) electrons. The van der Waals surface area contributed by atoms with Crippen molar-refractivity contribution in [2.75, 3.05) is 6.61 Å². The molecule has 0 fully saturated rings. The molecule has 0 atom stereocenters. The Bertz CT molecular complexity index is 537. The molecule has 0 aliphatic heterocycles. The van der Waals surface area contributed by atoms with Crippen LogP contribution >= 0.6 is 11.6 Å². The highest BCUT2D eigenvalue weighted by molar-refractivity contribution is 6.31. The Hall–Kier alpha value is -1.80. The summed E-state index contributed by atoms with van der Waals surface area (Å²) >= 11 is 5.85. The van der Waals surface area contributed by atoms with Gasteiger partial charge < -0.3 is 4.74 Å². The van der Waals surface area contributed by atoms with E-state index in [2.05, 4.69) is 0 Å². The Kier molecular flexibility index (Phi) is 4.99. The first-order chi connectivity index (χ1) is 9.25. The lowest BCUT2D eigenvalue weighted by Crippen LogP contribution is -2.03. The number of ether oxygens (including phenoxy) is 1. The topological polar surface area (TPSA) is 26.3 Å². The fraction of sp³-hybridized carbons (Fsp3) is 0.188. The third-order valence-corrected chi connectivity index (χ3v) is 2.94. The van der Waals surface area contributed by atoms with Crippen LogP contribution in [-0.4, -0.2) is 12.4 Å². The van der Waals surface area contributed by atoms with Gasteiger partial charge in [0.05, 0.1) is 6.61 Å². The van der Waals surface area contributed by atoms with Gasteiger partial charge in [0, 0.05) is 17.0 Å². The van der Waals surface area contributed by atoms with Crippen LogP contribution in [0.15, 0.2) is 54.6 Å². The number of hydrogen-bond donors (Lipinski definition) is 0. The quantitative estimate of drug-likeness (QED) is 0.577. The van der Waals surface area contributed by atoms with Crippen molar-refractivity contribution >= 4 is 17.4 Å². The molecule has 3 heteroatoms. The van der Waals surface area contributed by atoms with Gasteiger partial charge in [-0.15, -0.1) is 0 Å². The molecule has 0 bridgehead atoms. The van der Waals surface area contributed by atoms with Gasteiger partial charge in [0.15, 0.2) is 5.78 Å². The summed E-state index contributed by atoms with van der Waals surface area (Å²) in [6.45, 7) is 0.538. The molecular weight excluding hydrogens is 260 g/mol. The van der Waals surface area contributed by atoms with E-state index in [4.69, 9.17) is 16.3 Å². The van der Waals surface area contributed by atoms with E-state index in [0.29, 0.717) is 30.0 Å². The predicted octanol–water partition coefficient (Wildman–Crippen LogP) is 4.38. The first-order valence-corrected chi connectivity index (χ1v) is 6.60. The van der Waals surface area contributed by atoms with Crippen molar-refractivity contribution in [3.63, 3.8) is 0 Å². The molecule has 0 aliphatic rings. The van der Waals surface area contributed by atoms with Crippen LogP contribution in [0.4, 0.5) is 0 Å². The molecule has 2 aromatic rings. The van der Waals surface area contributed by atoms with E-state index in [9.17, 15) is 4.79 Å². The molecule has 98 valence electrons. The van der Waals surface area contributed by atoms with Crippen molar-refractivity contribution in [2.45, 2.75) is 12.8 Å². The average molecular weight is 275 g/mol. The minimum atomic E-state index is 0.0964. The Morgan fingerprint density at radius 1 is 1.05 bits per heavy atom. The fourth-order valence-electron chi connectivity index (χ4n) is 1.75. The standard InChI is InChI=1S/C16H15ClO2/c17-14-7-4-6-13(12-14)16(18)10-5-11-19-15-8-2-1-3-9-15/h1-4,6-9,12H,5,10-11H2. The van der Waals surface area contributed by atoms with E-state index in [1.807, 2.05) is 30.3 Å². The third kappa shape index (κ3) is 4.42. The number of rotatable bonds is 6. The largest absolute Gasteiger partial charge is 0.494 e. The SMILES string of the molecule is O=C(CCCOc1ccccc1)c1cccc(Cl)c1. The van der Waals surface area contributed by atoms with Gasteiger partial charge in [-0.1, -0.05) is 41.9 Å². The molecule has 0 heterocycles. The molecule has 2 aromatic carbocycles. The van der Waals surface area contributed by atoms with E-state index < -0.39 is 0 Å². The first-order valence-electron chi connectivity index (χ1n) is 6.22. The summed E-state index contributed by atoms with van der Waals surface area (Å²) in [5, 5.41) is 0.589. The summed E-state index contributed by atoms with van der Waals surface area (Å²) in [7, 11) is 0. The van der Waals surface area contributed by atoms with Crippen LogP contribution in [0.25, 0.3) is 0 Å². The van der Waals surface area contributed by atoms with E-state index >= 15 is 0 Å². The number of para-hydroxylation sites is 1. The highest BCUT2D eigenvalue weighted by Gasteiger charge is 2.05. The molecule has 0 saturated heterocycles. The monoisotopic (exact) mass is 274 g/mol. The first kappa shape index (κ1) is 13.6. The van der Waals surface area contributed by atoms with Crippen molar-refractivity contribution in [2.24, 2.45) is 0 Å². The van der Waals surface area contributed by atoms with E-state index in [1.54, 1.807) is 24.3 Å². The predicted molar refractivity (Wildman–Crippen MR) is 77.0 cm³/mol. The van der Waals surface area contributed by atoms with Gasteiger partial charge in [0.1, 0.15) is 5.75 Å². The highest BCUT2D eigenvalue weighted by atomic mass is 35.5. The Morgan fingerprint density at radius 3 is 2.58 bits per heavy atom. The zero-order valence-corrected chi connectivity index (χ0v) is 11.3. The molecule has 19 heavy (non-hydrogen) atoms. The average Bonchev–Trinajstić information content (AvgIpc) is 2.44. The van der Waals surface area contributed by atoms with Crippen molar-refractivity contribution in [1.29, 1.82) is 0 Å². The van der Waals surface area contributed by atoms with Gasteiger partial charge in [0.25, 0.3) is 0 Å². The highest BCUT2D eigenvalue weighted by Crippen LogP contribution is 2.14. The summed E-state index contributed by atoms with van der Waals surface area (Å²) < 4.78 is 5.54. The summed E-state index contributed by atoms with van der Waals surface area (Å²) in [4.78, 5) is 11.9. The minimum absolute atomic E-state index is 0.0964. The smallest absolute Gasteiger partial charge is 0.163 e. The van der Waals surface area contributed by atoms with Gasteiger partial charge in [0.2, 0.25) is 0 Å². The number of halogens is 1. The van der Waals surface area contributed by atoms with Crippen LogP contribution < -0.4 is 4.74 Å². The molecule has 0 unspecified atom stereocenters. The Balaban J connectivity index is 1.75. The van der Waals surface area contributed by atoms with Crippen molar-refractivity contribution < 1.29 is 9.53 Å². The maximum Gasteiger partial charge on any atom is 0.163 e. The molecule has 2 rings (SSSR count). The molecule has 0 saturated carbocycles. The molecule has 0 aliphatic carbocycles. The van der Waals surface area contributed by atoms with Crippen molar-refractivity contribution in [3.05, 3.63) is 65.2 Å². The zero-order chi connectivity index (χ0) is 13.5. The normalized spacial score (nSPS) is 10.2. The second kappa shape index (κ2) is 6.95. The fourth-order valence-corrected chi connectivity index (χ4v) is 1.94. The number of hydrogen-bond acceptors (Lipinski definition) is 2. The van der Waals surface area contributed by atoms with E-state index in [0.717, 1.165) is 5.75 Å². The lowest BCUT2D eigenvalue weighted by Gasteiger charge is -2.05. The maximum atomic E-state index is 11.9. The molecular formula is C16H15ClO2. The maximum absolute atomic E-state index is 11.9. The zero-order valence-electron chi connectivity index (χ0n) is 10.5. The molecule has 2 nitrogen and oxygen atoms in total. The number of ketones is 1. The number of carbonyl (C=O) groups excluding carboxylic acids is 1.